The number of nitrogens with zero attached hydrogens (tertiary/aromatic N) is 2. The number of H-pyrrole nitrogens is 1. The Morgan fingerprint density at radius 1 is 1.40 bits per heavy atom. The van der Waals surface area contributed by atoms with E-state index in [9.17, 15) is 0 Å². The fourth-order valence-electron chi connectivity index (χ4n) is 0.775. The zero-order chi connectivity index (χ0) is 6.10. The van der Waals surface area contributed by atoms with E-state index in [0.717, 1.165) is 11.2 Å². The average Bonchev–Trinajstić information content (AvgIpc) is 2.33. The van der Waals surface area contributed by atoms with Crippen molar-refractivity contribution in [2.75, 3.05) is 0 Å². The second-order valence-electron chi connectivity index (χ2n) is 1.78. The molecule has 0 aromatic carbocycles. The molecule has 2 heterocycles. The zero-order valence-electron chi connectivity index (χ0n) is 6.70. The standard InChI is InChI=1S/C6H5N3.Na.H/c1-2-5-6(7-3-1)9-4-8-5;;/h1-4H,(H,7,8,9);;/q;+1;-1. The fourth-order valence-corrected chi connectivity index (χ4v) is 0.775. The molecule has 0 fully saturated rings. The molecule has 0 bridgehead atoms. The molecule has 10 heavy (non-hydrogen) atoms. The minimum atomic E-state index is 0. The molecular formula is C6H6N3Na. The SMILES string of the molecule is [H-].[Na+].c1cnc2nc[nH]c2c1. The maximum atomic E-state index is 4.00. The molecule has 0 aliphatic heterocycles. The van der Waals surface area contributed by atoms with Crippen LogP contribution in [0.4, 0.5) is 0 Å². The second kappa shape index (κ2) is 3.14. The van der Waals surface area contributed by atoms with Crippen LogP contribution in [-0.4, -0.2) is 15.0 Å². The van der Waals surface area contributed by atoms with Gasteiger partial charge in [-0.05, 0) is 12.1 Å². The van der Waals surface area contributed by atoms with Crippen molar-refractivity contribution in [3.05, 3.63) is 24.7 Å². The number of aromatic amines is 1. The summed E-state index contributed by atoms with van der Waals surface area (Å²) in [5.74, 6) is 0. The van der Waals surface area contributed by atoms with Gasteiger partial charge in [0.25, 0.3) is 0 Å². The van der Waals surface area contributed by atoms with E-state index in [1.807, 2.05) is 12.1 Å². The monoisotopic (exact) mass is 143 g/mol. The van der Waals surface area contributed by atoms with Crippen molar-refractivity contribution in [2.45, 2.75) is 0 Å². The number of imidazole rings is 1. The van der Waals surface area contributed by atoms with Crippen LogP contribution in [0.3, 0.4) is 0 Å². The molecule has 3 nitrogen and oxygen atoms in total. The van der Waals surface area contributed by atoms with Crippen LogP contribution in [-0.2, 0) is 0 Å². The third-order valence-corrected chi connectivity index (χ3v) is 1.19. The van der Waals surface area contributed by atoms with Crippen LogP contribution >= 0.6 is 0 Å². The summed E-state index contributed by atoms with van der Waals surface area (Å²) in [6.07, 6.45) is 3.36. The van der Waals surface area contributed by atoms with Gasteiger partial charge in [-0.2, -0.15) is 0 Å². The van der Waals surface area contributed by atoms with Crippen molar-refractivity contribution in [1.82, 2.24) is 15.0 Å². The molecule has 0 amide bonds. The van der Waals surface area contributed by atoms with Crippen molar-refractivity contribution in [1.29, 1.82) is 0 Å². The summed E-state index contributed by atoms with van der Waals surface area (Å²) in [6.45, 7) is 0. The van der Waals surface area contributed by atoms with Gasteiger partial charge in [-0.1, -0.05) is 0 Å². The Bertz CT molecular complexity index is 292. The molecule has 0 unspecified atom stereocenters. The summed E-state index contributed by atoms with van der Waals surface area (Å²) in [7, 11) is 0. The summed E-state index contributed by atoms with van der Waals surface area (Å²) in [5.41, 5.74) is 1.76. The summed E-state index contributed by atoms with van der Waals surface area (Å²) < 4.78 is 0. The molecule has 0 aliphatic rings. The Balaban J connectivity index is 0.000000500. The van der Waals surface area contributed by atoms with Gasteiger partial charge < -0.3 is 6.41 Å². The van der Waals surface area contributed by atoms with E-state index in [2.05, 4.69) is 15.0 Å². The van der Waals surface area contributed by atoms with Crippen LogP contribution in [0.25, 0.3) is 11.2 Å². The number of aromatic nitrogens is 3. The molecule has 0 radical (unpaired) electrons. The van der Waals surface area contributed by atoms with Gasteiger partial charge in [0.2, 0.25) is 0 Å². The Hall–Kier alpha value is -0.380. The van der Waals surface area contributed by atoms with Gasteiger partial charge in [0.15, 0.2) is 5.65 Å². The minimum Gasteiger partial charge on any atom is -1.00 e. The summed E-state index contributed by atoms with van der Waals surface area (Å²) >= 11 is 0. The molecule has 0 spiro atoms. The van der Waals surface area contributed by atoms with Gasteiger partial charge in [-0.3, -0.25) is 0 Å². The first kappa shape index (κ1) is 7.72. The second-order valence-corrected chi connectivity index (χ2v) is 1.78. The van der Waals surface area contributed by atoms with Crippen LogP contribution in [0.15, 0.2) is 24.7 Å². The predicted octanol–water partition coefficient (Wildman–Crippen LogP) is -1.93. The number of pyridine rings is 1. The Morgan fingerprint density at radius 3 is 3.10 bits per heavy atom. The third-order valence-electron chi connectivity index (χ3n) is 1.19. The molecule has 0 saturated heterocycles. The van der Waals surface area contributed by atoms with E-state index in [1.165, 1.54) is 0 Å². The number of hydrogen-bond acceptors (Lipinski definition) is 2. The van der Waals surface area contributed by atoms with Crippen LogP contribution in [0.2, 0.25) is 0 Å². The summed E-state index contributed by atoms with van der Waals surface area (Å²) in [4.78, 5) is 10.9. The molecule has 46 valence electrons. The molecule has 0 saturated carbocycles. The maximum Gasteiger partial charge on any atom is 1.00 e. The first-order chi connectivity index (χ1) is 4.47. The topological polar surface area (TPSA) is 41.6 Å². The molecule has 0 aliphatic carbocycles. The molecule has 2 aromatic heterocycles. The Kier molecular flexibility index (Phi) is 2.43. The molecular weight excluding hydrogens is 137 g/mol. The number of fused-ring (bicyclic) bond motifs is 1. The van der Waals surface area contributed by atoms with Crippen molar-refractivity contribution in [3.63, 3.8) is 0 Å². The van der Waals surface area contributed by atoms with Crippen molar-refractivity contribution < 1.29 is 31.0 Å². The van der Waals surface area contributed by atoms with Crippen molar-refractivity contribution in [2.24, 2.45) is 0 Å². The van der Waals surface area contributed by atoms with Crippen LogP contribution in [0.1, 0.15) is 1.43 Å². The maximum absolute atomic E-state index is 4.00. The van der Waals surface area contributed by atoms with E-state index < -0.39 is 0 Å². The van der Waals surface area contributed by atoms with Gasteiger partial charge in [-0.15, -0.1) is 0 Å². The first-order valence-electron chi connectivity index (χ1n) is 2.71. The molecule has 1 N–H and O–H groups in total. The van der Waals surface area contributed by atoms with Crippen molar-refractivity contribution in [3.8, 4) is 0 Å². The summed E-state index contributed by atoms with van der Waals surface area (Å²) in [5, 5.41) is 0. The van der Waals surface area contributed by atoms with Gasteiger partial charge in [0.1, 0.15) is 0 Å². The van der Waals surface area contributed by atoms with E-state index in [1.54, 1.807) is 12.5 Å². The molecule has 0 atom stereocenters. The van der Waals surface area contributed by atoms with Crippen LogP contribution in [0, 0.1) is 0 Å². The minimum absolute atomic E-state index is 0. The molecule has 2 aromatic rings. The first-order valence-corrected chi connectivity index (χ1v) is 2.71. The van der Waals surface area contributed by atoms with Gasteiger partial charge in [0, 0.05) is 6.20 Å². The van der Waals surface area contributed by atoms with Crippen LogP contribution in [0.5, 0.6) is 0 Å². The average molecular weight is 143 g/mol. The van der Waals surface area contributed by atoms with E-state index >= 15 is 0 Å². The quantitative estimate of drug-likeness (QED) is 0.436. The normalized spacial score (nSPS) is 9.20. The van der Waals surface area contributed by atoms with E-state index in [4.69, 9.17) is 0 Å². The Labute approximate surface area is 81.7 Å². The molecule has 2 rings (SSSR count). The number of rotatable bonds is 0. The van der Waals surface area contributed by atoms with Crippen molar-refractivity contribution >= 4 is 11.2 Å². The fraction of sp³-hybridized carbons (Fsp3) is 0. The van der Waals surface area contributed by atoms with Gasteiger partial charge in [-0.25, -0.2) is 9.97 Å². The Morgan fingerprint density at radius 2 is 2.30 bits per heavy atom. The summed E-state index contributed by atoms with van der Waals surface area (Å²) in [6, 6.07) is 3.82. The van der Waals surface area contributed by atoms with E-state index in [0.29, 0.717) is 0 Å². The van der Waals surface area contributed by atoms with Gasteiger partial charge in [0.05, 0.1) is 11.8 Å². The van der Waals surface area contributed by atoms with Crippen LogP contribution < -0.4 is 29.6 Å². The molecule has 4 heteroatoms. The largest absolute Gasteiger partial charge is 1.00 e. The van der Waals surface area contributed by atoms with Gasteiger partial charge >= 0.3 is 29.6 Å². The smallest absolute Gasteiger partial charge is 1.00 e. The third kappa shape index (κ3) is 1.21. The predicted molar refractivity (Wildman–Crippen MR) is 35.0 cm³/mol. The number of hydrogen-bond donors (Lipinski definition) is 1. The number of nitrogens with one attached hydrogen (secondary N) is 1. The van der Waals surface area contributed by atoms with E-state index in [-0.39, 0.29) is 31.0 Å². The zero-order valence-corrected chi connectivity index (χ0v) is 7.70.